The van der Waals surface area contributed by atoms with Gasteiger partial charge in [0.2, 0.25) is 5.91 Å². The van der Waals surface area contributed by atoms with Crippen molar-refractivity contribution in [2.75, 3.05) is 5.32 Å². The lowest BCUT2D eigenvalue weighted by atomic mass is 10.2. The summed E-state index contributed by atoms with van der Waals surface area (Å²) in [5.41, 5.74) is 1.29. The van der Waals surface area contributed by atoms with Crippen LogP contribution in [0.3, 0.4) is 0 Å². The number of halogens is 1. The van der Waals surface area contributed by atoms with Crippen LogP contribution in [0.2, 0.25) is 0 Å². The smallest absolute Gasteiger partial charge is 0.239 e. The van der Waals surface area contributed by atoms with Crippen LogP contribution in [0.25, 0.3) is 11.4 Å². The standard InChI is InChI=1S/C17H18FN5OS2/c1-9-10(2)25-16(19-9)20-15(24)11(3)26-17-22-21-14(23(17)4)12-7-5-6-8-13(12)18/h5-8,11H,1-4H3,(H,19,20,24). The molecule has 2 heterocycles. The predicted molar refractivity (Wildman–Crippen MR) is 102 cm³/mol. The molecule has 0 saturated heterocycles. The van der Waals surface area contributed by atoms with E-state index in [4.69, 9.17) is 0 Å². The summed E-state index contributed by atoms with van der Waals surface area (Å²) in [5, 5.41) is 11.7. The maximum Gasteiger partial charge on any atom is 0.239 e. The van der Waals surface area contributed by atoms with Crippen LogP contribution in [0, 0.1) is 19.7 Å². The van der Waals surface area contributed by atoms with Gasteiger partial charge in [-0.1, -0.05) is 23.9 Å². The molecule has 3 rings (SSSR count). The molecule has 0 spiro atoms. The average Bonchev–Trinajstić information content (AvgIpc) is 3.11. The molecule has 1 atom stereocenters. The quantitative estimate of drug-likeness (QED) is 0.670. The van der Waals surface area contributed by atoms with Crippen LogP contribution in [0.15, 0.2) is 29.4 Å². The number of aryl methyl sites for hydroxylation is 2. The van der Waals surface area contributed by atoms with Crippen LogP contribution >= 0.6 is 23.1 Å². The molecule has 3 aromatic rings. The van der Waals surface area contributed by atoms with E-state index in [1.54, 1.807) is 36.7 Å². The molecule has 1 amide bonds. The third-order valence-corrected chi connectivity index (χ3v) is 5.98. The lowest BCUT2D eigenvalue weighted by Gasteiger charge is -2.10. The third-order valence-electron chi connectivity index (χ3n) is 3.86. The first-order valence-electron chi connectivity index (χ1n) is 7.92. The monoisotopic (exact) mass is 391 g/mol. The number of thiazole rings is 1. The highest BCUT2D eigenvalue weighted by molar-refractivity contribution is 8.00. The Balaban J connectivity index is 1.72. The summed E-state index contributed by atoms with van der Waals surface area (Å²) in [6.07, 6.45) is 0. The van der Waals surface area contributed by atoms with Crippen LogP contribution < -0.4 is 5.32 Å². The van der Waals surface area contributed by atoms with Gasteiger partial charge in [-0.3, -0.25) is 4.79 Å². The molecule has 9 heteroatoms. The van der Waals surface area contributed by atoms with Crippen LogP contribution in [0.1, 0.15) is 17.5 Å². The molecule has 26 heavy (non-hydrogen) atoms. The first kappa shape index (κ1) is 18.5. The van der Waals surface area contributed by atoms with Gasteiger partial charge in [0.25, 0.3) is 0 Å². The van der Waals surface area contributed by atoms with E-state index in [0.29, 0.717) is 21.7 Å². The zero-order valence-corrected chi connectivity index (χ0v) is 16.4. The zero-order valence-electron chi connectivity index (χ0n) is 14.8. The van der Waals surface area contributed by atoms with Gasteiger partial charge in [0.05, 0.1) is 16.5 Å². The van der Waals surface area contributed by atoms with Gasteiger partial charge < -0.3 is 9.88 Å². The Bertz CT molecular complexity index is 933. The Kier molecular flexibility index (Phi) is 5.38. The lowest BCUT2D eigenvalue weighted by molar-refractivity contribution is -0.115. The van der Waals surface area contributed by atoms with Crippen molar-refractivity contribution in [3.63, 3.8) is 0 Å². The van der Waals surface area contributed by atoms with E-state index >= 15 is 0 Å². The summed E-state index contributed by atoms with van der Waals surface area (Å²) in [6, 6.07) is 6.40. The first-order valence-corrected chi connectivity index (χ1v) is 9.62. The summed E-state index contributed by atoms with van der Waals surface area (Å²) >= 11 is 2.71. The Morgan fingerprint density at radius 3 is 2.69 bits per heavy atom. The van der Waals surface area contributed by atoms with Crippen LogP contribution in [0.4, 0.5) is 9.52 Å². The molecule has 0 bridgehead atoms. The van der Waals surface area contributed by atoms with Crippen molar-refractivity contribution in [3.8, 4) is 11.4 Å². The Hall–Kier alpha value is -2.26. The molecular formula is C17H18FN5OS2. The summed E-state index contributed by atoms with van der Waals surface area (Å²) < 4.78 is 15.7. The second kappa shape index (κ2) is 7.55. The minimum absolute atomic E-state index is 0.167. The number of carbonyl (C=O) groups is 1. The number of amides is 1. The SMILES string of the molecule is Cc1nc(NC(=O)C(C)Sc2nnc(-c3ccccc3F)n2C)sc1C. The molecule has 1 unspecified atom stereocenters. The van der Waals surface area contributed by atoms with Crippen molar-refractivity contribution in [1.82, 2.24) is 19.7 Å². The van der Waals surface area contributed by atoms with Crippen molar-refractivity contribution < 1.29 is 9.18 Å². The predicted octanol–water partition coefficient (Wildman–Crippen LogP) is 3.81. The molecule has 2 aromatic heterocycles. The molecule has 1 N–H and O–H groups in total. The fourth-order valence-corrected chi connectivity index (χ4v) is 3.87. The fraction of sp³-hybridized carbons (Fsp3) is 0.294. The van der Waals surface area contributed by atoms with E-state index in [0.717, 1.165) is 10.6 Å². The number of hydrogen-bond acceptors (Lipinski definition) is 6. The fourth-order valence-electron chi connectivity index (χ4n) is 2.24. The highest BCUT2D eigenvalue weighted by Crippen LogP contribution is 2.28. The van der Waals surface area contributed by atoms with Crippen molar-refractivity contribution in [3.05, 3.63) is 40.7 Å². The minimum atomic E-state index is -0.407. The number of nitrogens with zero attached hydrogens (tertiary/aromatic N) is 4. The first-order chi connectivity index (χ1) is 12.4. The number of aromatic nitrogens is 4. The van der Waals surface area contributed by atoms with Gasteiger partial charge in [0.1, 0.15) is 5.82 Å². The van der Waals surface area contributed by atoms with E-state index in [1.165, 1.54) is 29.2 Å². The molecule has 0 aliphatic rings. The van der Waals surface area contributed by atoms with Crippen molar-refractivity contribution in [2.45, 2.75) is 31.2 Å². The van der Waals surface area contributed by atoms with Crippen LogP contribution in [-0.4, -0.2) is 30.9 Å². The summed E-state index contributed by atoms with van der Waals surface area (Å²) in [6.45, 7) is 5.65. The second-order valence-electron chi connectivity index (χ2n) is 5.75. The largest absolute Gasteiger partial charge is 0.305 e. The number of carbonyl (C=O) groups excluding carboxylic acids is 1. The number of hydrogen-bond donors (Lipinski definition) is 1. The Labute approximate surface area is 158 Å². The maximum atomic E-state index is 14.0. The summed E-state index contributed by atoms with van der Waals surface area (Å²) in [5.74, 6) is -0.108. The van der Waals surface area contributed by atoms with E-state index in [-0.39, 0.29) is 11.7 Å². The van der Waals surface area contributed by atoms with E-state index < -0.39 is 5.25 Å². The topological polar surface area (TPSA) is 72.7 Å². The minimum Gasteiger partial charge on any atom is -0.305 e. The zero-order chi connectivity index (χ0) is 18.8. The van der Waals surface area contributed by atoms with Gasteiger partial charge >= 0.3 is 0 Å². The maximum absolute atomic E-state index is 14.0. The van der Waals surface area contributed by atoms with Gasteiger partial charge in [0, 0.05) is 11.9 Å². The molecule has 0 radical (unpaired) electrons. The Morgan fingerprint density at radius 2 is 2.04 bits per heavy atom. The van der Waals surface area contributed by atoms with Gasteiger partial charge in [0.15, 0.2) is 16.1 Å². The number of benzene rings is 1. The third kappa shape index (κ3) is 3.78. The van der Waals surface area contributed by atoms with Crippen molar-refractivity contribution in [2.24, 2.45) is 7.05 Å². The van der Waals surface area contributed by atoms with Crippen molar-refractivity contribution in [1.29, 1.82) is 0 Å². The molecule has 0 aliphatic carbocycles. The lowest BCUT2D eigenvalue weighted by Crippen LogP contribution is -2.22. The van der Waals surface area contributed by atoms with Gasteiger partial charge in [-0.05, 0) is 32.9 Å². The molecule has 1 aromatic carbocycles. The molecule has 0 saturated carbocycles. The molecule has 136 valence electrons. The number of anilines is 1. The second-order valence-corrected chi connectivity index (χ2v) is 8.27. The summed E-state index contributed by atoms with van der Waals surface area (Å²) in [4.78, 5) is 17.8. The highest BCUT2D eigenvalue weighted by atomic mass is 32.2. The van der Waals surface area contributed by atoms with Gasteiger partial charge in [-0.25, -0.2) is 9.37 Å². The molecule has 0 aliphatic heterocycles. The molecule has 0 fully saturated rings. The summed E-state index contributed by atoms with van der Waals surface area (Å²) in [7, 11) is 1.75. The van der Waals surface area contributed by atoms with Crippen molar-refractivity contribution >= 4 is 34.1 Å². The van der Waals surface area contributed by atoms with Gasteiger partial charge in [-0.15, -0.1) is 21.5 Å². The number of rotatable bonds is 5. The average molecular weight is 391 g/mol. The number of nitrogens with one attached hydrogen (secondary N) is 1. The Morgan fingerprint density at radius 1 is 1.31 bits per heavy atom. The van der Waals surface area contributed by atoms with Gasteiger partial charge in [-0.2, -0.15) is 0 Å². The normalized spacial score (nSPS) is 12.2. The van der Waals surface area contributed by atoms with E-state index in [1.807, 2.05) is 13.8 Å². The van der Waals surface area contributed by atoms with Crippen LogP contribution in [0.5, 0.6) is 0 Å². The van der Waals surface area contributed by atoms with E-state index in [2.05, 4.69) is 20.5 Å². The molecule has 6 nitrogen and oxygen atoms in total. The van der Waals surface area contributed by atoms with E-state index in [9.17, 15) is 9.18 Å². The number of thioether (sulfide) groups is 1. The highest BCUT2D eigenvalue weighted by Gasteiger charge is 2.21. The van der Waals surface area contributed by atoms with Crippen LogP contribution in [-0.2, 0) is 11.8 Å². The molecular weight excluding hydrogens is 373 g/mol.